The number of nitrogens with one attached hydrogen (secondary N) is 2. The van der Waals surface area contributed by atoms with Crippen LogP contribution in [0.5, 0.6) is 0 Å². The Labute approximate surface area is 124 Å². The van der Waals surface area contributed by atoms with Gasteiger partial charge in [-0.05, 0) is 12.1 Å². The summed E-state index contributed by atoms with van der Waals surface area (Å²) in [5.41, 5.74) is -0.844. The summed E-state index contributed by atoms with van der Waals surface area (Å²) >= 11 is 5.62. The molecule has 10 heteroatoms. The van der Waals surface area contributed by atoms with Gasteiger partial charge in [0.2, 0.25) is 15.9 Å². The zero-order valence-corrected chi connectivity index (χ0v) is 12.0. The number of hydrogen-bond donors (Lipinski definition) is 3. The number of halogens is 2. The first kappa shape index (κ1) is 15.7. The van der Waals surface area contributed by atoms with Crippen molar-refractivity contribution in [3.8, 4) is 0 Å². The van der Waals surface area contributed by atoms with E-state index in [9.17, 15) is 22.4 Å². The summed E-state index contributed by atoms with van der Waals surface area (Å²) in [6, 6.07) is 0.906. The number of amides is 1. The van der Waals surface area contributed by atoms with Gasteiger partial charge in [-0.1, -0.05) is 11.6 Å². The lowest BCUT2D eigenvalue weighted by molar-refractivity contribution is -0.119. The van der Waals surface area contributed by atoms with E-state index in [2.05, 4.69) is 10.0 Å². The lowest BCUT2D eigenvalue weighted by Crippen LogP contribution is -2.36. The lowest BCUT2D eigenvalue weighted by atomic mass is 10.2. The van der Waals surface area contributed by atoms with Crippen LogP contribution in [0.3, 0.4) is 0 Å². The molecule has 0 aliphatic carbocycles. The Morgan fingerprint density at radius 2 is 2.14 bits per heavy atom. The monoisotopic (exact) mass is 336 g/mol. The van der Waals surface area contributed by atoms with Crippen LogP contribution in [0.4, 0.5) is 4.39 Å². The highest BCUT2D eigenvalue weighted by Gasteiger charge is 2.30. The molecule has 0 saturated carbocycles. The van der Waals surface area contributed by atoms with Crippen molar-refractivity contribution in [3.05, 3.63) is 28.5 Å². The number of carbonyl (C=O) groups excluding carboxylic acids is 1. The smallest absolute Gasteiger partial charge is 0.338 e. The van der Waals surface area contributed by atoms with E-state index in [1.807, 2.05) is 0 Å². The minimum atomic E-state index is -4.34. The molecule has 1 fully saturated rings. The third kappa shape index (κ3) is 3.31. The van der Waals surface area contributed by atoms with Gasteiger partial charge in [0, 0.05) is 24.0 Å². The Hall–Kier alpha value is -1.71. The molecule has 1 saturated heterocycles. The molecule has 1 atom stereocenters. The normalized spacial score (nSPS) is 18.6. The maximum Gasteiger partial charge on any atom is 0.338 e. The fourth-order valence-corrected chi connectivity index (χ4v) is 3.53. The van der Waals surface area contributed by atoms with E-state index < -0.39 is 38.3 Å². The van der Waals surface area contributed by atoms with Crippen molar-refractivity contribution in [2.75, 3.05) is 6.54 Å². The number of hydrogen-bond acceptors (Lipinski definition) is 4. The third-order valence-corrected chi connectivity index (χ3v) is 4.56. The van der Waals surface area contributed by atoms with Crippen molar-refractivity contribution < 1.29 is 27.5 Å². The molecule has 0 bridgehead atoms. The van der Waals surface area contributed by atoms with Crippen LogP contribution in [0.15, 0.2) is 17.0 Å². The summed E-state index contributed by atoms with van der Waals surface area (Å²) in [7, 11) is -4.34. The van der Waals surface area contributed by atoms with Gasteiger partial charge < -0.3 is 10.4 Å². The SMILES string of the molecule is O=C1CC(NS(=O)(=O)c2cc(Cl)cc(C(=O)O)c2F)CN1. The number of carboxylic acids is 1. The minimum Gasteiger partial charge on any atom is -0.478 e. The molecule has 1 aliphatic rings. The third-order valence-electron chi connectivity index (χ3n) is 2.82. The Morgan fingerprint density at radius 1 is 1.48 bits per heavy atom. The average Bonchev–Trinajstić information content (AvgIpc) is 2.76. The van der Waals surface area contributed by atoms with Crippen LogP contribution in [-0.2, 0) is 14.8 Å². The second-order valence-electron chi connectivity index (χ2n) is 4.40. The number of benzene rings is 1. The fraction of sp³-hybridized carbons (Fsp3) is 0.273. The van der Waals surface area contributed by atoms with Crippen molar-refractivity contribution >= 4 is 33.5 Å². The maximum atomic E-state index is 14.0. The predicted molar refractivity (Wildman–Crippen MR) is 70.1 cm³/mol. The van der Waals surface area contributed by atoms with Gasteiger partial charge in [-0.25, -0.2) is 22.3 Å². The van der Waals surface area contributed by atoms with E-state index in [1.54, 1.807) is 0 Å². The van der Waals surface area contributed by atoms with Crippen LogP contribution in [0, 0.1) is 5.82 Å². The van der Waals surface area contributed by atoms with Gasteiger partial charge in [0.15, 0.2) is 5.82 Å². The quantitative estimate of drug-likeness (QED) is 0.734. The second kappa shape index (κ2) is 5.58. The predicted octanol–water partition coefficient (Wildman–Crippen LogP) is 0.344. The van der Waals surface area contributed by atoms with E-state index in [1.165, 1.54) is 0 Å². The highest BCUT2D eigenvalue weighted by Crippen LogP contribution is 2.24. The number of carbonyl (C=O) groups is 2. The summed E-state index contributed by atoms with van der Waals surface area (Å²) in [5, 5.41) is 11.0. The van der Waals surface area contributed by atoms with Crippen LogP contribution < -0.4 is 10.0 Å². The molecular formula is C11H10ClFN2O5S. The number of rotatable bonds is 4. The largest absolute Gasteiger partial charge is 0.478 e. The molecule has 1 unspecified atom stereocenters. The Bertz CT molecular complexity index is 722. The van der Waals surface area contributed by atoms with E-state index in [-0.39, 0.29) is 23.9 Å². The zero-order valence-electron chi connectivity index (χ0n) is 10.4. The van der Waals surface area contributed by atoms with Gasteiger partial charge in [0.05, 0.1) is 5.56 Å². The first-order chi connectivity index (χ1) is 9.70. The standard InChI is InChI=1S/C11H10ClFN2O5S/c12-5-1-7(11(17)18)10(13)8(2-5)21(19,20)15-6-3-9(16)14-4-6/h1-2,6,15H,3-4H2,(H,14,16)(H,17,18). The molecule has 3 N–H and O–H groups in total. The Morgan fingerprint density at radius 3 is 2.67 bits per heavy atom. The summed E-state index contributed by atoms with van der Waals surface area (Å²) in [6.07, 6.45) is -0.0762. The van der Waals surface area contributed by atoms with Crippen LogP contribution in [-0.4, -0.2) is 38.0 Å². The molecule has 1 amide bonds. The Balaban J connectivity index is 2.40. The summed E-state index contributed by atoms with van der Waals surface area (Å²) in [4.78, 5) is 21.0. The topological polar surface area (TPSA) is 113 Å². The molecule has 0 radical (unpaired) electrons. The molecule has 0 spiro atoms. The van der Waals surface area contributed by atoms with Crippen molar-refractivity contribution in [1.82, 2.24) is 10.0 Å². The van der Waals surface area contributed by atoms with Crippen LogP contribution in [0.25, 0.3) is 0 Å². The molecule has 1 aromatic carbocycles. The van der Waals surface area contributed by atoms with E-state index in [0.717, 1.165) is 12.1 Å². The first-order valence-electron chi connectivity index (χ1n) is 5.72. The summed E-state index contributed by atoms with van der Waals surface area (Å²) in [5.74, 6) is -3.37. The van der Waals surface area contributed by atoms with Crippen LogP contribution >= 0.6 is 11.6 Å². The molecule has 114 valence electrons. The highest BCUT2D eigenvalue weighted by atomic mass is 35.5. The molecule has 7 nitrogen and oxygen atoms in total. The Kier molecular flexibility index (Phi) is 4.17. The fourth-order valence-electron chi connectivity index (χ4n) is 1.89. The number of sulfonamides is 1. The van der Waals surface area contributed by atoms with Gasteiger partial charge in [0.25, 0.3) is 0 Å². The van der Waals surface area contributed by atoms with Crippen molar-refractivity contribution in [2.45, 2.75) is 17.4 Å². The minimum absolute atomic E-state index is 0.0754. The average molecular weight is 337 g/mol. The van der Waals surface area contributed by atoms with Gasteiger partial charge in [-0.3, -0.25) is 4.79 Å². The molecular weight excluding hydrogens is 327 g/mol. The number of aromatic carboxylic acids is 1. The maximum absolute atomic E-state index is 14.0. The van der Waals surface area contributed by atoms with E-state index >= 15 is 0 Å². The highest BCUT2D eigenvalue weighted by molar-refractivity contribution is 7.89. The molecule has 2 rings (SSSR count). The lowest BCUT2D eigenvalue weighted by Gasteiger charge is -2.13. The van der Waals surface area contributed by atoms with Crippen molar-refractivity contribution in [3.63, 3.8) is 0 Å². The van der Waals surface area contributed by atoms with Gasteiger partial charge >= 0.3 is 5.97 Å². The van der Waals surface area contributed by atoms with Gasteiger partial charge in [0.1, 0.15) is 4.90 Å². The van der Waals surface area contributed by atoms with E-state index in [4.69, 9.17) is 16.7 Å². The van der Waals surface area contributed by atoms with Crippen LogP contribution in [0.1, 0.15) is 16.8 Å². The second-order valence-corrected chi connectivity index (χ2v) is 6.52. The molecule has 1 aromatic rings. The van der Waals surface area contributed by atoms with Crippen molar-refractivity contribution in [2.24, 2.45) is 0 Å². The molecule has 1 aliphatic heterocycles. The molecule has 0 aromatic heterocycles. The molecule has 21 heavy (non-hydrogen) atoms. The summed E-state index contributed by atoms with van der Waals surface area (Å²) < 4.78 is 40.3. The van der Waals surface area contributed by atoms with Crippen molar-refractivity contribution in [1.29, 1.82) is 0 Å². The first-order valence-corrected chi connectivity index (χ1v) is 7.58. The number of carboxylic acid groups (broad SMARTS) is 1. The van der Waals surface area contributed by atoms with Crippen LogP contribution in [0.2, 0.25) is 5.02 Å². The zero-order chi connectivity index (χ0) is 15.8. The van der Waals surface area contributed by atoms with Gasteiger partial charge in [-0.15, -0.1) is 0 Å². The molecule has 1 heterocycles. The van der Waals surface area contributed by atoms with Gasteiger partial charge in [-0.2, -0.15) is 0 Å². The summed E-state index contributed by atoms with van der Waals surface area (Å²) in [6.45, 7) is 0.0754. The van der Waals surface area contributed by atoms with E-state index in [0.29, 0.717) is 0 Å².